The van der Waals surface area contributed by atoms with E-state index in [0.717, 1.165) is 12.2 Å². The van der Waals surface area contributed by atoms with Crippen LogP contribution in [0, 0.1) is 0 Å². The Bertz CT molecular complexity index is 302. The molecule has 0 amide bonds. The van der Waals surface area contributed by atoms with Gasteiger partial charge in [0.25, 0.3) is 0 Å². The van der Waals surface area contributed by atoms with Crippen LogP contribution >= 0.6 is 0 Å². The van der Waals surface area contributed by atoms with Crippen LogP contribution in [0.2, 0.25) is 0 Å². The molecule has 1 unspecified atom stereocenters. The molecule has 0 radical (unpaired) electrons. The van der Waals surface area contributed by atoms with Gasteiger partial charge in [0.1, 0.15) is 0 Å². The first kappa shape index (κ1) is 14.0. The Kier molecular flexibility index (Phi) is 6.61. The van der Waals surface area contributed by atoms with Crippen molar-refractivity contribution in [2.75, 3.05) is 31.7 Å². The molecule has 0 aliphatic carbocycles. The molecule has 0 spiro atoms. The van der Waals surface area contributed by atoms with E-state index in [1.165, 1.54) is 0 Å². The van der Waals surface area contributed by atoms with E-state index in [2.05, 4.69) is 10.4 Å². The van der Waals surface area contributed by atoms with Gasteiger partial charge in [-0.2, -0.15) is 5.10 Å². The molecular formula is C11H21N3O3. The fourth-order valence-corrected chi connectivity index (χ4v) is 1.33. The van der Waals surface area contributed by atoms with Crippen LogP contribution in [0.3, 0.4) is 0 Å². The lowest BCUT2D eigenvalue weighted by Gasteiger charge is -2.05. The second-order valence-corrected chi connectivity index (χ2v) is 3.89. The SMILES string of the molecule is CC(O)CCNc1cnn(CCOCCO)c1. The molecule has 0 fully saturated rings. The molecule has 0 saturated carbocycles. The van der Waals surface area contributed by atoms with Crippen molar-refractivity contribution in [1.82, 2.24) is 9.78 Å². The Morgan fingerprint density at radius 3 is 3.06 bits per heavy atom. The van der Waals surface area contributed by atoms with E-state index >= 15 is 0 Å². The van der Waals surface area contributed by atoms with Crippen molar-refractivity contribution in [1.29, 1.82) is 0 Å². The van der Waals surface area contributed by atoms with Crippen LogP contribution in [-0.2, 0) is 11.3 Å². The lowest BCUT2D eigenvalue weighted by molar-refractivity contribution is 0.0854. The second kappa shape index (κ2) is 8.05. The molecule has 1 atom stereocenters. The fraction of sp³-hybridized carbons (Fsp3) is 0.727. The summed E-state index contributed by atoms with van der Waals surface area (Å²) in [5, 5.41) is 25.0. The van der Waals surface area contributed by atoms with Crippen molar-refractivity contribution < 1.29 is 14.9 Å². The molecule has 0 aliphatic rings. The summed E-state index contributed by atoms with van der Waals surface area (Å²) in [6, 6.07) is 0. The topological polar surface area (TPSA) is 79.5 Å². The third-order valence-electron chi connectivity index (χ3n) is 2.22. The van der Waals surface area contributed by atoms with Gasteiger partial charge in [-0.25, -0.2) is 0 Å². The van der Waals surface area contributed by atoms with E-state index in [1.807, 2.05) is 6.20 Å². The molecule has 1 aromatic heterocycles. The predicted molar refractivity (Wildman–Crippen MR) is 64.9 cm³/mol. The summed E-state index contributed by atoms with van der Waals surface area (Å²) >= 11 is 0. The molecular weight excluding hydrogens is 222 g/mol. The van der Waals surface area contributed by atoms with E-state index in [0.29, 0.717) is 26.2 Å². The first-order valence-corrected chi connectivity index (χ1v) is 5.85. The highest BCUT2D eigenvalue weighted by molar-refractivity contribution is 5.37. The number of anilines is 1. The van der Waals surface area contributed by atoms with Gasteiger partial charge in [0.2, 0.25) is 0 Å². The molecule has 1 heterocycles. The molecule has 1 aromatic rings. The van der Waals surface area contributed by atoms with Gasteiger partial charge in [-0.05, 0) is 13.3 Å². The van der Waals surface area contributed by atoms with Gasteiger partial charge in [-0.1, -0.05) is 0 Å². The van der Waals surface area contributed by atoms with E-state index in [-0.39, 0.29) is 12.7 Å². The number of aliphatic hydroxyl groups excluding tert-OH is 2. The summed E-state index contributed by atoms with van der Waals surface area (Å²) in [6.45, 7) is 4.10. The first-order valence-electron chi connectivity index (χ1n) is 5.85. The maximum Gasteiger partial charge on any atom is 0.0726 e. The molecule has 0 aliphatic heterocycles. The van der Waals surface area contributed by atoms with Crippen molar-refractivity contribution in [2.45, 2.75) is 26.0 Å². The van der Waals surface area contributed by atoms with Gasteiger partial charge in [-0.3, -0.25) is 4.68 Å². The third-order valence-corrected chi connectivity index (χ3v) is 2.22. The Balaban J connectivity index is 2.18. The van der Waals surface area contributed by atoms with Crippen LogP contribution in [-0.4, -0.2) is 52.5 Å². The van der Waals surface area contributed by atoms with Crippen molar-refractivity contribution >= 4 is 5.69 Å². The van der Waals surface area contributed by atoms with E-state index < -0.39 is 0 Å². The predicted octanol–water partition coefficient (Wildman–Crippen LogP) is 0.0748. The van der Waals surface area contributed by atoms with E-state index in [4.69, 9.17) is 14.9 Å². The zero-order chi connectivity index (χ0) is 12.5. The largest absolute Gasteiger partial charge is 0.394 e. The van der Waals surface area contributed by atoms with Crippen molar-refractivity contribution in [2.24, 2.45) is 0 Å². The van der Waals surface area contributed by atoms with Gasteiger partial charge < -0.3 is 20.3 Å². The number of hydrogen-bond acceptors (Lipinski definition) is 5. The molecule has 6 nitrogen and oxygen atoms in total. The number of aromatic nitrogens is 2. The van der Waals surface area contributed by atoms with Crippen LogP contribution in [0.5, 0.6) is 0 Å². The van der Waals surface area contributed by atoms with Crippen LogP contribution < -0.4 is 5.32 Å². The van der Waals surface area contributed by atoms with Gasteiger partial charge in [0, 0.05) is 12.7 Å². The minimum absolute atomic E-state index is 0.0469. The Labute approximate surface area is 101 Å². The number of hydrogen-bond donors (Lipinski definition) is 3. The summed E-state index contributed by atoms with van der Waals surface area (Å²) in [6.07, 6.45) is 4.06. The van der Waals surface area contributed by atoms with E-state index in [1.54, 1.807) is 17.8 Å². The zero-order valence-corrected chi connectivity index (χ0v) is 10.2. The van der Waals surface area contributed by atoms with Gasteiger partial charge in [-0.15, -0.1) is 0 Å². The maximum atomic E-state index is 9.10. The van der Waals surface area contributed by atoms with E-state index in [9.17, 15) is 0 Å². The van der Waals surface area contributed by atoms with Crippen molar-refractivity contribution in [3.63, 3.8) is 0 Å². The second-order valence-electron chi connectivity index (χ2n) is 3.89. The monoisotopic (exact) mass is 243 g/mol. The number of rotatable bonds is 9. The van der Waals surface area contributed by atoms with Crippen molar-refractivity contribution in [3.8, 4) is 0 Å². The summed E-state index contributed by atoms with van der Waals surface area (Å²) < 4.78 is 6.92. The molecule has 6 heteroatoms. The fourth-order valence-electron chi connectivity index (χ4n) is 1.33. The molecule has 3 N–H and O–H groups in total. The van der Waals surface area contributed by atoms with Crippen LogP contribution in [0.4, 0.5) is 5.69 Å². The lowest BCUT2D eigenvalue weighted by Crippen LogP contribution is -2.10. The summed E-state index contributed by atoms with van der Waals surface area (Å²) in [4.78, 5) is 0. The lowest BCUT2D eigenvalue weighted by atomic mass is 10.3. The number of ether oxygens (including phenoxy) is 1. The highest BCUT2D eigenvalue weighted by Crippen LogP contribution is 2.05. The maximum absolute atomic E-state index is 9.10. The van der Waals surface area contributed by atoms with Crippen LogP contribution in [0.15, 0.2) is 12.4 Å². The summed E-state index contributed by atoms with van der Waals surface area (Å²) in [7, 11) is 0. The normalized spacial score (nSPS) is 12.6. The minimum atomic E-state index is -0.288. The third kappa shape index (κ3) is 6.25. The number of nitrogens with one attached hydrogen (secondary N) is 1. The highest BCUT2D eigenvalue weighted by Gasteiger charge is 1.99. The average Bonchev–Trinajstić information content (AvgIpc) is 2.72. The standard InChI is InChI=1S/C11H21N3O3/c1-10(16)2-3-12-11-8-13-14(9-11)4-6-17-7-5-15/h8-10,12,15-16H,2-7H2,1H3. The molecule has 0 aromatic carbocycles. The number of nitrogens with zero attached hydrogens (tertiary/aromatic N) is 2. The van der Waals surface area contributed by atoms with Crippen molar-refractivity contribution in [3.05, 3.63) is 12.4 Å². The molecule has 17 heavy (non-hydrogen) atoms. The number of aliphatic hydroxyl groups is 2. The molecule has 98 valence electrons. The van der Waals surface area contributed by atoms with Crippen LogP contribution in [0.1, 0.15) is 13.3 Å². The summed E-state index contributed by atoms with van der Waals surface area (Å²) in [5.74, 6) is 0. The van der Waals surface area contributed by atoms with Gasteiger partial charge in [0.15, 0.2) is 0 Å². The Hall–Kier alpha value is -1.11. The first-order chi connectivity index (χ1) is 8.22. The van der Waals surface area contributed by atoms with Gasteiger partial charge in [0.05, 0.1) is 44.4 Å². The smallest absolute Gasteiger partial charge is 0.0726 e. The Morgan fingerprint density at radius 1 is 1.53 bits per heavy atom. The Morgan fingerprint density at radius 2 is 2.35 bits per heavy atom. The summed E-state index contributed by atoms with van der Waals surface area (Å²) in [5.41, 5.74) is 0.938. The quantitative estimate of drug-likeness (QED) is 0.535. The zero-order valence-electron chi connectivity index (χ0n) is 10.2. The highest BCUT2D eigenvalue weighted by atomic mass is 16.5. The molecule has 0 bridgehead atoms. The minimum Gasteiger partial charge on any atom is -0.394 e. The molecule has 1 rings (SSSR count). The average molecular weight is 243 g/mol. The molecule has 0 saturated heterocycles. The van der Waals surface area contributed by atoms with Gasteiger partial charge >= 0.3 is 0 Å². The van der Waals surface area contributed by atoms with Crippen LogP contribution in [0.25, 0.3) is 0 Å².